The van der Waals surface area contributed by atoms with Gasteiger partial charge in [-0.2, -0.15) is 0 Å². The second kappa shape index (κ2) is 7.66. The second-order valence-corrected chi connectivity index (χ2v) is 6.04. The minimum atomic E-state index is -0.0759. The summed E-state index contributed by atoms with van der Waals surface area (Å²) >= 11 is 5.96. The molecule has 0 aromatic heterocycles. The van der Waals surface area contributed by atoms with Crippen LogP contribution in [0, 0.1) is 5.92 Å². The summed E-state index contributed by atoms with van der Waals surface area (Å²) in [6.07, 6.45) is 3.42. The lowest BCUT2D eigenvalue weighted by atomic mass is 10.1. The predicted molar refractivity (Wildman–Crippen MR) is 85.9 cm³/mol. The van der Waals surface area contributed by atoms with Crippen molar-refractivity contribution in [2.24, 2.45) is 5.92 Å². The van der Waals surface area contributed by atoms with Crippen LogP contribution in [0.1, 0.15) is 26.2 Å². The molecule has 1 N–H and O–H groups in total. The van der Waals surface area contributed by atoms with Gasteiger partial charge in [-0.05, 0) is 37.0 Å². The number of nitrogens with zero attached hydrogens (tertiary/aromatic N) is 1. The highest BCUT2D eigenvalue weighted by atomic mass is 35.5. The monoisotopic (exact) mass is 310 g/mol. The van der Waals surface area contributed by atoms with E-state index in [-0.39, 0.29) is 6.03 Å². The molecule has 4 nitrogen and oxygen atoms in total. The molecule has 0 heterocycles. The fourth-order valence-electron chi connectivity index (χ4n) is 2.96. The van der Waals surface area contributed by atoms with Crippen molar-refractivity contribution in [2.75, 3.05) is 25.6 Å². The summed E-state index contributed by atoms with van der Waals surface area (Å²) in [5.74, 6) is 0.534. The molecule has 0 unspecified atom stereocenters. The van der Waals surface area contributed by atoms with Crippen molar-refractivity contribution >= 4 is 23.3 Å². The maximum absolute atomic E-state index is 12.6. The summed E-state index contributed by atoms with van der Waals surface area (Å²) in [4.78, 5) is 14.5. The molecule has 116 valence electrons. The molecule has 0 bridgehead atoms. The van der Waals surface area contributed by atoms with Crippen LogP contribution in [0.15, 0.2) is 24.3 Å². The van der Waals surface area contributed by atoms with Gasteiger partial charge in [-0.3, -0.25) is 0 Å². The number of carbonyl (C=O) groups excluding carboxylic acids is 1. The first-order valence-electron chi connectivity index (χ1n) is 7.44. The number of nitrogens with one attached hydrogen (secondary N) is 1. The van der Waals surface area contributed by atoms with Gasteiger partial charge >= 0.3 is 6.03 Å². The Hall–Kier alpha value is -1.26. The van der Waals surface area contributed by atoms with Crippen LogP contribution in [0.2, 0.25) is 5.02 Å². The first-order valence-corrected chi connectivity index (χ1v) is 7.81. The Morgan fingerprint density at radius 3 is 2.90 bits per heavy atom. The zero-order valence-corrected chi connectivity index (χ0v) is 13.4. The van der Waals surface area contributed by atoms with Crippen LogP contribution in [-0.4, -0.2) is 37.2 Å². The SMILES string of the molecule is COCCN(C(=O)Nc1cccc(Cl)c1)[C@H]1CCC[C@H]1C. The van der Waals surface area contributed by atoms with Crippen LogP contribution >= 0.6 is 11.6 Å². The van der Waals surface area contributed by atoms with E-state index in [4.69, 9.17) is 16.3 Å². The van der Waals surface area contributed by atoms with Crippen LogP contribution in [0.4, 0.5) is 10.5 Å². The molecule has 2 rings (SSSR count). The van der Waals surface area contributed by atoms with Gasteiger partial charge in [0, 0.05) is 30.4 Å². The smallest absolute Gasteiger partial charge is 0.322 e. The molecule has 1 saturated carbocycles. The first kappa shape index (κ1) is 16.1. The van der Waals surface area contributed by atoms with E-state index in [1.807, 2.05) is 17.0 Å². The maximum Gasteiger partial charge on any atom is 0.322 e. The molecule has 2 atom stereocenters. The fraction of sp³-hybridized carbons (Fsp3) is 0.562. The van der Waals surface area contributed by atoms with Gasteiger partial charge in [-0.1, -0.05) is 31.0 Å². The Labute approximate surface area is 131 Å². The van der Waals surface area contributed by atoms with Gasteiger partial charge in [-0.15, -0.1) is 0 Å². The number of urea groups is 1. The average Bonchev–Trinajstić information content (AvgIpc) is 2.86. The number of methoxy groups -OCH3 is 1. The van der Waals surface area contributed by atoms with Crippen molar-refractivity contribution < 1.29 is 9.53 Å². The number of anilines is 1. The van der Waals surface area contributed by atoms with Crippen LogP contribution < -0.4 is 5.32 Å². The number of amides is 2. The number of halogens is 1. The number of hydrogen-bond donors (Lipinski definition) is 1. The fourth-order valence-corrected chi connectivity index (χ4v) is 3.15. The number of rotatable bonds is 5. The van der Waals surface area contributed by atoms with E-state index in [2.05, 4.69) is 12.2 Å². The molecule has 1 aliphatic rings. The Kier molecular flexibility index (Phi) is 5.88. The second-order valence-electron chi connectivity index (χ2n) is 5.60. The van der Waals surface area contributed by atoms with Gasteiger partial charge in [0.05, 0.1) is 6.61 Å². The quantitative estimate of drug-likeness (QED) is 0.893. The minimum Gasteiger partial charge on any atom is -0.383 e. The Bertz CT molecular complexity index is 481. The Morgan fingerprint density at radius 1 is 1.48 bits per heavy atom. The van der Waals surface area contributed by atoms with Crippen molar-refractivity contribution in [2.45, 2.75) is 32.2 Å². The first-order chi connectivity index (χ1) is 10.1. The number of hydrogen-bond acceptors (Lipinski definition) is 2. The van der Waals surface area contributed by atoms with E-state index in [0.717, 1.165) is 12.1 Å². The van der Waals surface area contributed by atoms with E-state index in [9.17, 15) is 4.79 Å². The third kappa shape index (κ3) is 4.35. The number of ether oxygens (including phenoxy) is 1. The van der Waals surface area contributed by atoms with E-state index in [0.29, 0.717) is 30.1 Å². The molecule has 1 aromatic rings. The minimum absolute atomic E-state index is 0.0759. The van der Waals surface area contributed by atoms with Crippen molar-refractivity contribution in [3.05, 3.63) is 29.3 Å². The van der Waals surface area contributed by atoms with Crippen LogP contribution in [-0.2, 0) is 4.74 Å². The van der Waals surface area contributed by atoms with E-state index < -0.39 is 0 Å². The molecule has 0 spiro atoms. The number of benzene rings is 1. The normalized spacial score (nSPS) is 21.3. The van der Waals surface area contributed by atoms with Crippen molar-refractivity contribution in [3.63, 3.8) is 0 Å². The van der Waals surface area contributed by atoms with Crippen molar-refractivity contribution in [3.8, 4) is 0 Å². The Balaban J connectivity index is 2.06. The van der Waals surface area contributed by atoms with Gasteiger partial charge in [-0.25, -0.2) is 4.79 Å². The summed E-state index contributed by atoms with van der Waals surface area (Å²) in [5.41, 5.74) is 0.723. The summed E-state index contributed by atoms with van der Waals surface area (Å²) in [7, 11) is 1.66. The molecule has 1 aromatic carbocycles. The largest absolute Gasteiger partial charge is 0.383 e. The van der Waals surface area contributed by atoms with Crippen LogP contribution in [0.5, 0.6) is 0 Å². The lowest BCUT2D eigenvalue weighted by Gasteiger charge is -2.31. The predicted octanol–water partition coefficient (Wildman–Crippen LogP) is 4.01. The standard InChI is InChI=1S/C16H23ClN2O2/c1-12-5-3-8-15(12)19(9-10-21-2)16(20)18-14-7-4-6-13(17)11-14/h4,6-7,11-12,15H,3,5,8-10H2,1-2H3,(H,18,20)/t12-,15+/m1/s1. The lowest BCUT2D eigenvalue weighted by molar-refractivity contribution is 0.126. The third-order valence-electron chi connectivity index (χ3n) is 4.09. The highest BCUT2D eigenvalue weighted by Gasteiger charge is 2.31. The molecule has 21 heavy (non-hydrogen) atoms. The van der Waals surface area contributed by atoms with Gasteiger partial charge < -0.3 is 15.0 Å². The highest BCUT2D eigenvalue weighted by molar-refractivity contribution is 6.30. The van der Waals surface area contributed by atoms with Crippen LogP contribution in [0.25, 0.3) is 0 Å². The molecule has 5 heteroatoms. The lowest BCUT2D eigenvalue weighted by Crippen LogP contribution is -2.45. The van der Waals surface area contributed by atoms with Crippen molar-refractivity contribution in [1.29, 1.82) is 0 Å². The molecule has 0 saturated heterocycles. The zero-order chi connectivity index (χ0) is 15.2. The van der Waals surface area contributed by atoms with Gasteiger partial charge in [0.1, 0.15) is 0 Å². The van der Waals surface area contributed by atoms with Gasteiger partial charge in [0.2, 0.25) is 0 Å². The molecule has 2 amide bonds. The Morgan fingerprint density at radius 2 is 2.29 bits per heavy atom. The van der Waals surface area contributed by atoms with E-state index in [1.54, 1.807) is 19.2 Å². The van der Waals surface area contributed by atoms with Gasteiger partial charge in [0.15, 0.2) is 0 Å². The molecule has 0 radical (unpaired) electrons. The van der Waals surface area contributed by atoms with Crippen molar-refractivity contribution in [1.82, 2.24) is 4.90 Å². The van der Waals surface area contributed by atoms with E-state index >= 15 is 0 Å². The summed E-state index contributed by atoms with van der Waals surface area (Å²) < 4.78 is 5.14. The topological polar surface area (TPSA) is 41.6 Å². The molecular formula is C16H23ClN2O2. The third-order valence-corrected chi connectivity index (χ3v) is 4.32. The van der Waals surface area contributed by atoms with Gasteiger partial charge in [0.25, 0.3) is 0 Å². The zero-order valence-electron chi connectivity index (χ0n) is 12.6. The maximum atomic E-state index is 12.6. The molecule has 0 aliphatic heterocycles. The average molecular weight is 311 g/mol. The summed E-state index contributed by atoms with van der Waals surface area (Å²) in [6, 6.07) is 7.43. The van der Waals surface area contributed by atoms with Crippen LogP contribution in [0.3, 0.4) is 0 Å². The molecule has 1 fully saturated rings. The molecular weight excluding hydrogens is 288 g/mol. The van der Waals surface area contributed by atoms with E-state index in [1.165, 1.54) is 12.8 Å². The highest BCUT2D eigenvalue weighted by Crippen LogP contribution is 2.30. The number of carbonyl (C=O) groups is 1. The summed E-state index contributed by atoms with van der Waals surface area (Å²) in [6.45, 7) is 3.37. The summed E-state index contributed by atoms with van der Waals surface area (Å²) in [5, 5.41) is 3.55. The molecule has 1 aliphatic carbocycles.